The van der Waals surface area contributed by atoms with Crippen LogP contribution in [0, 0.1) is 0 Å². The van der Waals surface area contributed by atoms with Gasteiger partial charge >= 0.3 is 0 Å². The lowest BCUT2D eigenvalue weighted by Gasteiger charge is -2.41. The molecule has 2 fully saturated rings. The Balaban J connectivity index is 1.49. The lowest BCUT2D eigenvalue weighted by molar-refractivity contribution is -0.133. The molecule has 0 saturated carbocycles. The van der Waals surface area contributed by atoms with Gasteiger partial charge in [0.15, 0.2) is 0 Å². The Morgan fingerprint density at radius 2 is 1.92 bits per heavy atom. The molecule has 24 heavy (non-hydrogen) atoms. The van der Waals surface area contributed by atoms with Gasteiger partial charge in [-0.1, -0.05) is 37.3 Å². The molecule has 0 bridgehead atoms. The molecule has 132 valence electrons. The Morgan fingerprint density at radius 1 is 1.17 bits per heavy atom. The van der Waals surface area contributed by atoms with Crippen molar-refractivity contribution in [3.63, 3.8) is 0 Å². The van der Waals surface area contributed by atoms with E-state index in [1.807, 2.05) is 0 Å². The number of rotatable bonds is 5. The molecule has 1 atom stereocenters. The monoisotopic (exact) mass is 330 g/mol. The third-order valence-electron chi connectivity index (χ3n) is 5.49. The van der Waals surface area contributed by atoms with Crippen LogP contribution < -0.4 is 0 Å². The number of nitrogens with zero attached hydrogens (tertiary/aromatic N) is 2. The first-order valence-electron chi connectivity index (χ1n) is 9.31. The van der Waals surface area contributed by atoms with Crippen molar-refractivity contribution >= 4 is 5.91 Å². The SMILES string of the molecule is CC1(c2ccccc2)CCCN(C(=O)CCCN2CCOCC2)C1. The first-order valence-corrected chi connectivity index (χ1v) is 9.31. The van der Waals surface area contributed by atoms with E-state index in [9.17, 15) is 4.79 Å². The van der Waals surface area contributed by atoms with E-state index in [0.717, 1.165) is 65.2 Å². The highest BCUT2D eigenvalue weighted by atomic mass is 16.5. The second kappa shape index (κ2) is 8.13. The Morgan fingerprint density at radius 3 is 2.67 bits per heavy atom. The van der Waals surface area contributed by atoms with Crippen LogP contribution >= 0.6 is 0 Å². The molecule has 2 aliphatic heterocycles. The molecule has 1 unspecified atom stereocenters. The molecule has 0 spiro atoms. The molecule has 2 saturated heterocycles. The average Bonchev–Trinajstić information content (AvgIpc) is 2.63. The maximum absolute atomic E-state index is 12.6. The molecule has 0 radical (unpaired) electrons. The molecule has 2 heterocycles. The fraction of sp³-hybridized carbons (Fsp3) is 0.650. The minimum Gasteiger partial charge on any atom is -0.379 e. The maximum atomic E-state index is 12.6. The highest BCUT2D eigenvalue weighted by Gasteiger charge is 2.34. The standard InChI is InChI=1S/C20H30N2O2/c1-20(18-7-3-2-4-8-18)10-6-12-22(17-20)19(23)9-5-11-21-13-15-24-16-14-21/h2-4,7-8H,5-6,9-17H2,1H3. The Bertz CT molecular complexity index is 528. The fourth-order valence-electron chi connectivity index (χ4n) is 3.97. The first-order chi connectivity index (χ1) is 11.7. The number of benzene rings is 1. The zero-order chi connectivity index (χ0) is 16.8. The number of amides is 1. The summed E-state index contributed by atoms with van der Waals surface area (Å²) in [5, 5.41) is 0. The molecular formula is C20H30N2O2. The quantitative estimate of drug-likeness (QED) is 0.832. The van der Waals surface area contributed by atoms with Crippen molar-refractivity contribution in [2.75, 3.05) is 45.9 Å². The van der Waals surface area contributed by atoms with Gasteiger partial charge in [-0.05, 0) is 31.4 Å². The average molecular weight is 330 g/mol. The molecule has 1 aromatic rings. The van der Waals surface area contributed by atoms with Gasteiger partial charge in [-0.2, -0.15) is 0 Å². The third-order valence-corrected chi connectivity index (χ3v) is 5.49. The van der Waals surface area contributed by atoms with Gasteiger partial charge in [-0.3, -0.25) is 9.69 Å². The maximum Gasteiger partial charge on any atom is 0.222 e. The van der Waals surface area contributed by atoms with Gasteiger partial charge in [0.05, 0.1) is 13.2 Å². The summed E-state index contributed by atoms with van der Waals surface area (Å²) in [7, 11) is 0. The van der Waals surface area contributed by atoms with E-state index in [2.05, 4.69) is 47.1 Å². The second-order valence-electron chi connectivity index (χ2n) is 7.40. The number of hydrogen-bond donors (Lipinski definition) is 0. The van der Waals surface area contributed by atoms with E-state index >= 15 is 0 Å². The fourth-order valence-corrected chi connectivity index (χ4v) is 3.97. The lowest BCUT2D eigenvalue weighted by atomic mass is 9.76. The number of piperidine rings is 1. The highest BCUT2D eigenvalue weighted by molar-refractivity contribution is 5.76. The van der Waals surface area contributed by atoms with E-state index in [0.29, 0.717) is 12.3 Å². The van der Waals surface area contributed by atoms with Crippen molar-refractivity contribution in [1.29, 1.82) is 0 Å². The molecule has 4 nitrogen and oxygen atoms in total. The molecule has 0 aliphatic carbocycles. The number of carbonyl (C=O) groups is 1. The Labute approximate surface area is 145 Å². The van der Waals surface area contributed by atoms with Gasteiger partial charge in [0.1, 0.15) is 0 Å². The summed E-state index contributed by atoms with van der Waals surface area (Å²) in [5.74, 6) is 0.324. The zero-order valence-corrected chi connectivity index (χ0v) is 14.9. The van der Waals surface area contributed by atoms with E-state index in [1.54, 1.807) is 0 Å². The van der Waals surface area contributed by atoms with Gasteiger partial charge in [0, 0.05) is 38.0 Å². The van der Waals surface area contributed by atoms with Gasteiger partial charge in [0.25, 0.3) is 0 Å². The molecule has 0 aromatic heterocycles. The largest absolute Gasteiger partial charge is 0.379 e. The van der Waals surface area contributed by atoms with Gasteiger partial charge in [0.2, 0.25) is 5.91 Å². The highest BCUT2D eigenvalue weighted by Crippen LogP contribution is 2.33. The van der Waals surface area contributed by atoms with Crippen molar-refractivity contribution in [2.24, 2.45) is 0 Å². The molecule has 4 heteroatoms. The predicted octanol–water partition coefficient (Wildman–Crippen LogP) is 2.68. The van der Waals surface area contributed by atoms with Crippen LogP contribution in [0.4, 0.5) is 0 Å². The number of hydrogen-bond acceptors (Lipinski definition) is 3. The van der Waals surface area contributed by atoms with Crippen LogP contribution in [0.3, 0.4) is 0 Å². The normalized spacial score (nSPS) is 25.6. The summed E-state index contributed by atoms with van der Waals surface area (Å²) in [6.45, 7) is 8.75. The van der Waals surface area contributed by atoms with Crippen molar-refractivity contribution in [3.05, 3.63) is 35.9 Å². The topological polar surface area (TPSA) is 32.8 Å². The Hall–Kier alpha value is -1.39. The smallest absolute Gasteiger partial charge is 0.222 e. The molecule has 3 rings (SSSR count). The minimum atomic E-state index is 0.0966. The summed E-state index contributed by atoms with van der Waals surface area (Å²) in [6.07, 6.45) is 3.88. The summed E-state index contributed by atoms with van der Waals surface area (Å²) in [4.78, 5) is 17.1. The number of morpholine rings is 1. The molecule has 1 aromatic carbocycles. The summed E-state index contributed by atoms with van der Waals surface area (Å²) >= 11 is 0. The van der Waals surface area contributed by atoms with Gasteiger partial charge in [-0.15, -0.1) is 0 Å². The second-order valence-corrected chi connectivity index (χ2v) is 7.40. The predicted molar refractivity (Wildman–Crippen MR) is 96.1 cm³/mol. The molecule has 0 N–H and O–H groups in total. The summed E-state index contributed by atoms with van der Waals surface area (Å²) in [6, 6.07) is 10.7. The van der Waals surface area contributed by atoms with Crippen LogP contribution in [0.1, 0.15) is 38.2 Å². The van der Waals surface area contributed by atoms with Crippen molar-refractivity contribution in [3.8, 4) is 0 Å². The minimum absolute atomic E-state index is 0.0966. The zero-order valence-electron chi connectivity index (χ0n) is 14.9. The van der Waals surface area contributed by atoms with Crippen LogP contribution in [0.25, 0.3) is 0 Å². The number of likely N-dealkylation sites (tertiary alicyclic amines) is 1. The van der Waals surface area contributed by atoms with Crippen molar-refractivity contribution in [1.82, 2.24) is 9.80 Å². The van der Waals surface area contributed by atoms with E-state index in [1.165, 1.54) is 5.56 Å². The van der Waals surface area contributed by atoms with Crippen LogP contribution in [-0.2, 0) is 14.9 Å². The molecule has 1 amide bonds. The van der Waals surface area contributed by atoms with Crippen LogP contribution in [0.2, 0.25) is 0 Å². The van der Waals surface area contributed by atoms with Gasteiger partial charge < -0.3 is 9.64 Å². The first kappa shape index (κ1) is 17.4. The van der Waals surface area contributed by atoms with Gasteiger partial charge in [-0.25, -0.2) is 0 Å². The summed E-state index contributed by atoms with van der Waals surface area (Å²) < 4.78 is 5.37. The van der Waals surface area contributed by atoms with Crippen LogP contribution in [-0.4, -0.2) is 61.6 Å². The van der Waals surface area contributed by atoms with Crippen LogP contribution in [0.5, 0.6) is 0 Å². The lowest BCUT2D eigenvalue weighted by Crippen LogP contribution is -2.47. The van der Waals surface area contributed by atoms with Crippen molar-refractivity contribution < 1.29 is 9.53 Å². The molecular weight excluding hydrogens is 300 g/mol. The van der Waals surface area contributed by atoms with E-state index in [4.69, 9.17) is 4.74 Å². The number of carbonyl (C=O) groups excluding carboxylic acids is 1. The van der Waals surface area contributed by atoms with Crippen molar-refractivity contribution in [2.45, 2.75) is 38.0 Å². The van der Waals surface area contributed by atoms with E-state index in [-0.39, 0.29) is 5.41 Å². The third kappa shape index (κ3) is 4.37. The Kier molecular flexibility index (Phi) is 5.90. The van der Waals surface area contributed by atoms with Crippen LogP contribution in [0.15, 0.2) is 30.3 Å². The molecule has 2 aliphatic rings. The summed E-state index contributed by atoms with van der Waals surface area (Å²) in [5.41, 5.74) is 1.45. The number of ether oxygens (including phenoxy) is 1. The van der Waals surface area contributed by atoms with E-state index < -0.39 is 0 Å².